The monoisotopic (exact) mass is 386 g/mol. The van der Waals surface area contributed by atoms with E-state index in [-0.39, 0.29) is 17.9 Å². The van der Waals surface area contributed by atoms with Crippen molar-refractivity contribution in [1.29, 1.82) is 0 Å². The summed E-state index contributed by atoms with van der Waals surface area (Å²) in [5, 5.41) is 5.65. The number of nitrogens with one attached hydrogen (secondary N) is 2. The highest BCUT2D eigenvalue weighted by atomic mass is 16.2. The first-order chi connectivity index (χ1) is 13.6. The summed E-state index contributed by atoms with van der Waals surface area (Å²) >= 11 is 0. The van der Waals surface area contributed by atoms with E-state index in [1.807, 2.05) is 4.90 Å². The minimum atomic E-state index is -0.543. The van der Waals surface area contributed by atoms with Gasteiger partial charge < -0.3 is 15.5 Å². The molecule has 1 aromatic rings. The first-order valence-electron chi connectivity index (χ1n) is 10.4. The predicted octanol–water partition coefficient (Wildman–Crippen LogP) is 1.89. The average Bonchev–Trinajstić information content (AvgIpc) is 3.01. The van der Waals surface area contributed by atoms with Crippen LogP contribution in [0.25, 0.3) is 0 Å². The molecular weight excluding hydrogens is 356 g/mol. The first kappa shape index (κ1) is 20.3. The van der Waals surface area contributed by atoms with Gasteiger partial charge in [0.1, 0.15) is 0 Å². The molecule has 1 aliphatic heterocycles. The largest absolute Gasteiger partial charge is 0.348 e. The van der Waals surface area contributed by atoms with Crippen LogP contribution in [0.4, 0.5) is 0 Å². The van der Waals surface area contributed by atoms with Crippen molar-refractivity contribution in [3.8, 4) is 0 Å². The fourth-order valence-corrected chi connectivity index (χ4v) is 4.00. The maximum Gasteiger partial charge on any atom is 0.309 e. The lowest BCUT2D eigenvalue weighted by molar-refractivity contribution is -0.139. The van der Waals surface area contributed by atoms with Gasteiger partial charge in [-0.1, -0.05) is 25.7 Å². The third-order valence-corrected chi connectivity index (χ3v) is 5.76. The second kappa shape index (κ2) is 10.2. The molecule has 7 heteroatoms. The average molecular weight is 386 g/mol. The van der Waals surface area contributed by atoms with Gasteiger partial charge >= 0.3 is 11.8 Å². The van der Waals surface area contributed by atoms with Crippen LogP contribution in [0, 0.1) is 5.92 Å². The van der Waals surface area contributed by atoms with Crippen molar-refractivity contribution >= 4 is 17.7 Å². The minimum Gasteiger partial charge on any atom is -0.348 e. The highest BCUT2D eigenvalue weighted by molar-refractivity contribution is 6.35. The van der Waals surface area contributed by atoms with E-state index in [4.69, 9.17) is 0 Å². The number of likely N-dealkylation sites (tertiary alicyclic amines) is 1. The van der Waals surface area contributed by atoms with Crippen molar-refractivity contribution in [3.63, 3.8) is 0 Å². The van der Waals surface area contributed by atoms with Gasteiger partial charge in [-0.05, 0) is 43.7 Å². The minimum absolute atomic E-state index is 0.00152. The number of amides is 3. The fourth-order valence-electron chi connectivity index (χ4n) is 4.00. The summed E-state index contributed by atoms with van der Waals surface area (Å²) < 4.78 is 0. The number of hydrogen-bond acceptors (Lipinski definition) is 4. The summed E-state index contributed by atoms with van der Waals surface area (Å²) in [6.07, 6.45) is 11.4. The van der Waals surface area contributed by atoms with Crippen LogP contribution in [-0.4, -0.2) is 53.3 Å². The molecule has 1 saturated carbocycles. The highest BCUT2D eigenvalue weighted by Crippen LogP contribution is 2.19. The molecule has 7 nitrogen and oxygen atoms in total. The van der Waals surface area contributed by atoms with Gasteiger partial charge in [0.05, 0.1) is 5.56 Å². The number of aromatic nitrogens is 1. The molecule has 2 N–H and O–H groups in total. The second-order valence-corrected chi connectivity index (χ2v) is 7.85. The number of carbonyl (C=O) groups is 3. The van der Waals surface area contributed by atoms with E-state index < -0.39 is 11.8 Å². The molecule has 2 aliphatic rings. The van der Waals surface area contributed by atoms with Gasteiger partial charge in [0.2, 0.25) is 0 Å². The van der Waals surface area contributed by atoms with Crippen LogP contribution in [0.15, 0.2) is 24.5 Å². The van der Waals surface area contributed by atoms with Crippen molar-refractivity contribution in [3.05, 3.63) is 30.1 Å². The van der Waals surface area contributed by atoms with E-state index >= 15 is 0 Å². The normalized spacial score (nSPS) is 18.9. The molecule has 0 atom stereocenters. The van der Waals surface area contributed by atoms with E-state index in [0.29, 0.717) is 25.2 Å². The van der Waals surface area contributed by atoms with Crippen LogP contribution >= 0.6 is 0 Å². The Balaban J connectivity index is 1.37. The van der Waals surface area contributed by atoms with Gasteiger partial charge in [0.25, 0.3) is 5.91 Å². The number of hydrogen-bond donors (Lipinski definition) is 2. The zero-order chi connectivity index (χ0) is 19.8. The lowest BCUT2D eigenvalue weighted by Crippen LogP contribution is -2.47. The Kier molecular flexibility index (Phi) is 7.39. The van der Waals surface area contributed by atoms with Crippen LogP contribution in [0.5, 0.6) is 0 Å². The van der Waals surface area contributed by atoms with Crippen LogP contribution < -0.4 is 10.6 Å². The molecule has 1 saturated heterocycles. The number of pyridine rings is 1. The summed E-state index contributed by atoms with van der Waals surface area (Å²) in [6.45, 7) is 1.79. The van der Waals surface area contributed by atoms with Gasteiger partial charge in [-0.3, -0.25) is 19.4 Å². The summed E-state index contributed by atoms with van der Waals surface area (Å²) in [4.78, 5) is 42.5. The van der Waals surface area contributed by atoms with Crippen LogP contribution in [-0.2, 0) is 9.59 Å². The smallest absolute Gasteiger partial charge is 0.309 e. The van der Waals surface area contributed by atoms with Gasteiger partial charge in [0, 0.05) is 38.1 Å². The zero-order valence-corrected chi connectivity index (χ0v) is 16.4. The van der Waals surface area contributed by atoms with Crippen molar-refractivity contribution in [1.82, 2.24) is 20.5 Å². The molecule has 0 radical (unpaired) electrons. The van der Waals surface area contributed by atoms with Crippen molar-refractivity contribution in [2.45, 2.75) is 57.4 Å². The van der Waals surface area contributed by atoms with Crippen molar-refractivity contribution in [2.75, 3.05) is 19.6 Å². The molecule has 3 amide bonds. The number of nitrogens with zero attached hydrogens (tertiary/aromatic N) is 2. The molecule has 3 rings (SSSR count). The molecule has 0 bridgehead atoms. The third kappa shape index (κ3) is 5.78. The van der Waals surface area contributed by atoms with Gasteiger partial charge in [0.15, 0.2) is 0 Å². The first-order valence-corrected chi connectivity index (χ1v) is 10.4. The summed E-state index contributed by atoms with van der Waals surface area (Å²) in [6, 6.07) is 3.66. The number of carbonyl (C=O) groups excluding carboxylic acids is 3. The SMILES string of the molecule is O=C(NCC1CCN(C(=O)c2cccnc2)CC1)C(=O)NC1CCCCCC1. The molecule has 0 unspecified atom stereocenters. The molecule has 2 heterocycles. The van der Waals surface area contributed by atoms with Crippen LogP contribution in [0.2, 0.25) is 0 Å². The van der Waals surface area contributed by atoms with Crippen LogP contribution in [0.1, 0.15) is 61.7 Å². The topological polar surface area (TPSA) is 91.4 Å². The fraction of sp³-hybridized carbons (Fsp3) is 0.619. The van der Waals surface area contributed by atoms with E-state index in [1.54, 1.807) is 24.5 Å². The molecular formula is C21H30N4O3. The van der Waals surface area contributed by atoms with Crippen molar-refractivity contribution < 1.29 is 14.4 Å². The zero-order valence-electron chi connectivity index (χ0n) is 16.4. The van der Waals surface area contributed by atoms with Crippen molar-refractivity contribution in [2.24, 2.45) is 5.92 Å². The second-order valence-electron chi connectivity index (χ2n) is 7.85. The Hall–Kier alpha value is -2.44. The quantitative estimate of drug-likeness (QED) is 0.611. The Morgan fingerprint density at radius 2 is 1.71 bits per heavy atom. The molecule has 152 valence electrons. The molecule has 0 aromatic carbocycles. The van der Waals surface area contributed by atoms with Gasteiger partial charge in [-0.25, -0.2) is 0 Å². The maximum atomic E-state index is 12.4. The molecule has 0 spiro atoms. The molecule has 1 aromatic heterocycles. The number of rotatable bonds is 4. The Bertz CT molecular complexity index is 663. The van der Waals surface area contributed by atoms with E-state index in [2.05, 4.69) is 15.6 Å². The Morgan fingerprint density at radius 1 is 1.00 bits per heavy atom. The molecule has 1 aliphatic carbocycles. The highest BCUT2D eigenvalue weighted by Gasteiger charge is 2.25. The molecule has 28 heavy (non-hydrogen) atoms. The Labute approximate surface area is 166 Å². The summed E-state index contributed by atoms with van der Waals surface area (Å²) in [5.74, 6) is -0.778. The van der Waals surface area contributed by atoms with Gasteiger partial charge in [-0.15, -0.1) is 0 Å². The van der Waals surface area contributed by atoms with Crippen LogP contribution in [0.3, 0.4) is 0 Å². The summed E-state index contributed by atoms with van der Waals surface area (Å²) in [7, 11) is 0. The van der Waals surface area contributed by atoms with E-state index in [0.717, 1.165) is 38.5 Å². The lowest BCUT2D eigenvalue weighted by atomic mass is 9.96. The van der Waals surface area contributed by atoms with E-state index in [9.17, 15) is 14.4 Å². The number of piperidine rings is 1. The summed E-state index contributed by atoms with van der Waals surface area (Å²) in [5.41, 5.74) is 0.601. The Morgan fingerprint density at radius 3 is 2.36 bits per heavy atom. The lowest BCUT2D eigenvalue weighted by Gasteiger charge is -2.32. The molecule has 2 fully saturated rings. The maximum absolute atomic E-state index is 12.4. The van der Waals surface area contributed by atoms with Gasteiger partial charge in [-0.2, -0.15) is 0 Å². The predicted molar refractivity (Wildman–Crippen MR) is 106 cm³/mol. The standard InChI is InChI=1S/C21H30N4O3/c26-19(20(27)24-18-7-3-1-2-4-8-18)23-14-16-9-12-25(13-10-16)21(28)17-6-5-11-22-15-17/h5-6,11,15-16,18H,1-4,7-10,12-14H2,(H,23,26)(H,24,27). The third-order valence-electron chi connectivity index (χ3n) is 5.76. The van der Waals surface area contributed by atoms with E-state index in [1.165, 1.54) is 12.8 Å².